The van der Waals surface area contributed by atoms with Crippen LogP contribution < -0.4 is 0 Å². The Bertz CT molecular complexity index is 297. The van der Waals surface area contributed by atoms with E-state index in [1.165, 1.54) is 6.42 Å². The van der Waals surface area contributed by atoms with Gasteiger partial charge in [0.15, 0.2) is 6.10 Å². The Balaban J connectivity index is 2.05. The van der Waals surface area contributed by atoms with Crippen LogP contribution in [-0.4, -0.2) is 60.5 Å². The van der Waals surface area contributed by atoms with Crippen LogP contribution in [0.5, 0.6) is 0 Å². The molecule has 104 valence electrons. The zero-order valence-corrected chi connectivity index (χ0v) is 11.2. The summed E-state index contributed by atoms with van der Waals surface area (Å²) in [6, 6.07) is 0.192. The summed E-state index contributed by atoms with van der Waals surface area (Å²) in [4.78, 5) is 13.9. The summed E-state index contributed by atoms with van der Waals surface area (Å²) in [6.45, 7) is 2.99. The fraction of sp³-hybridized carbons (Fsp3) is 0.923. The molecule has 18 heavy (non-hydrogen) atoms. The molecule has 0 radical (unpaired) electrons. The molecule has 2 heterocycles. The van der Waals surface area contributed by atoms with E-state index in [-0.39, 0.29) is 12.1 Å². The van der Waals surface area contributed by atoms with Crippen LogP contribution in [0.2, 0.25) is 0 Å². The minimum absolute atomic E-state index is 0.124. The molecule has 0 bridgehead atoms. The standard InChI is InChI=1S/C13H23NO4/c1-3-18-13(16)12(15)10-8-11(17-2)9-6-4-5-7-14(9)10/h9-12,15H,3-8H2,1-2H3/t9-,10-,11-,12-/m0/s1. The summed E-state index contributed by atoms with van der Waals surface area (Å²) in [5, 5.41) is 10.1. The van der Waals surface area contributed by atoms with E-state index in [1.54, 1.807) is 14.0 Å². The van der Waals surface area contributed by atoms with Crippen molar-refractivity contribution in [1.29, 1.82) is 0 Å². The Morgan fingerprint density at radius 2 is 2.28 bits per heavy atom. The topological polar surface area (TPSA) is 59.0 Å². The van der Waals surface area contributed by atoms with E-state index < -0.39 is 12.1 Å². The van der Waals surface area contributed by atoms with Crippen molar-refractivity contribution < 1.29 is 19.4 Å². The van der Waals surface area contributed by atoms with Crippen molar-refractivity contribution >= 4 is 5.97 Å². The fourth-order valence-electron chi connectivity index (χ4n) is 3.27. The van der Waals surface area contributed by atoms with Crippen LogP contribution in [0.1, 0.15) is 32.6 Å². The van der Waals surface area contributed by atoms with Crippen LogP contribution in [0.4, 0.5) is 0 Å². The second-order valence-electron chi connectivity index (χ2n) is 5.08. The minimum atomic E-state index is -1.05. The van der Waals surface area contributed by atoms with E-state index in [4.69, 9.17) is 9.47 Å². The Morgan fingerprint density at radius 3 is 2.94 bits per heavy atom. The van der Waals surface area contributed by atoms with Crippen molar-refractivity contribution in [3.8, 4) is 0 Å². The number of hydrogen-bond donors (Lipinski definition) is 1. The summed E-state index contributed by atoms with van der Waals surface area (Å²) in [6.07, 6.45) is 3.19. The third-order valence-corrected chi connectivity index (χ3v) is 4.12. The van der Waals surface area contributed by atoms with Crippen LogP contribution >= 0.6 is 0 Å². The zero-order valence-electron chi connectivity index (χ0n) is 11.2. The van der Waals surface area contributed by atoms with Gasteiger partial charge >= 0.3 is 5.97 Å². The molecule has 0 spiro atoms. The lowest BCUT2D eigenvalue weighted by atomic mass is 10.0. The number of rotatable bonds is 4. The lowest BCUT2D eigenvalue weighted by molar-refractivity contribution is -0.156. The Hall–Kier alpha value is -0.650. The van der Waals surface area contributed by atoms with Crippen LogP contribution in [-0.2, 0) is 14.3 Å². The van der Waals surface area contributed by atoms with Crippen molar-refractivity contribution in [3.05, 3.63) is 0 Å². The maximum absolute atomic E-state index is 11.7. The van der Waals surface area contributed by atoms with Gasteiger partial charge in [-0.2, -0.15) is 0 Å². The number of carbonyl (C=O) groups excluding carboxylic acids is 1. The number of carbonyl (C=O) groups is 1. The number of esters is 1. The molecule has 2 rings (SSSR count). The highest BCUT2D eigenvalue weighted by Crippen LogP contribution is 2.35. The summed E-state index contributed by atoms with van der Waals surface area (Å²) < 4.78 is 10.4. The molecule has 0 aromatic heterocycles. The number of aliphatic hydroxyl groups excluding tert-OH is 1. The number of methoxy groups -OCH3 is 1. The maximum Gasteiger partial charge on any atom is 0.336 e. The maximum atomic E-state index is 11.7. The molecule has 4 atom stereocenters. The van der Waals surface area contributed by atoms with E-state index in [2.05, 4.69) is 4.90 Å². The van der Waals surface area contributed by atoms with Crippen LogP contribution in [0.15, 0.2) is 0 Å². The molecular formula is C13H23NO4. The Kier molecular flexibility index (Phi) is 4.59. The molecule has 0 aromatic carbocycles. The number of fused-ring (bicyclic) bond motifs is 1. The fourth-order valence-corrected chi connectivity index (χ4v) is 3.27. The van der Waals surface area contributed by atoms with Crippen molar-refractivity contribution in [2.45, 2.75) is 56.9 Å². The molecule has 0 aromatic rings. The molecule has 5 nitrogen and oxygen atoms in total. The van der Waals surface area contributed by atoms with Gasteiger partial charge in [-0.25, -0.2) is 4.79 Å². The predicted octanol–water partition coefficient (Wildman–Crippen LogP) is 0.552. The van der Waals surface area contributed by atoms with Gasteiger partial charge in [-0.05, 0) is 32.7 Å². The van der Waals surface area contributed by atoms with Crippen molar-refractivity contribution in [1.82, 2.24) is 4.90 Å². The van der Waals surface area contributed by atoms with E-state index in [9.17, 15) is 9.90 Å². The molecule has 0 saturated carbocycles. The summed E-state index contributed by atoms with van der Waals surface area (Å²) in [5.74, 6) is -0.511. The van der Waals surface area contributed by atoms with Gasteiger partial charge in [0.25, 0.3) is 0 Å². The number of ether oxygens (including phenoxy) is 2. The Labute approximate surface area is 108 Å². The molecule has 2 fully saturated rings. The summed E-state index contributed by atoms with van der Waals surface area (Å²) in [7, 11) is 1.70. The molecule has 5 heteroatoms. The van der Waals surface area contributed by atoms with Gasteiger partial charge in [0, 0.05) is 19.2 Å². The van der Waals surface area contributed by atoms with E-state index in [0.717, 1.165) is 19.4 Å². The third kappa shape index (κ3) is 2.53. The highest BCUT2D eigenvalue weighted by molar-refractivity contribution is 5.75. The highest BCUT2D eigenvalue weighted by Gasteiger charge is 2.47. The molecule has 2 aliphatic rings. The van der Waals surface area contributed by atoms with Gasteiger partial charge in [-0.1, -0.05) is 6.42 Å². The van der Waals surface area contributed by atoms with Crippen LogP contribution in [0, 0.1) is 0 Å². The smallest absolute Gasteiger partial charge is 0.336 e. The summed E-state index contributed by atoms with van der Waals surface area (Å²) >= 11 is 0. The second-order valence-corrected chi connectivity index (χ2v) is 5.08. The largest absolute Gasteiger partial charge is 0.464 e. The van der Waals surface area contributed by atoms with Gasteiger partial charge in [0.05, 0.1) is 12.7 Å². The quantitative estimate of drug-likeness (QED) is 0.745. The SMILES string of the molecule is CCOC(=O)[C@@H](O)[C@@H]1C[C@H](OC)[C@@H]2CCCCN21. The second kappa shape index (κ2) is 5.99. The highest BCUT2D eigenvalue weighted by atomic mass is 16.5. The molecule has 2 saturated heterocycles. The number of nitrogens with zero attached hydrogens (tertiary/aromatic N) is 1. The first-order valence-electron chi connectivity index (χ1n) is 6.82. The lowest BCUT2D eigenvalue weighted by Crippen LogP contribution is -2.49. The first-order valence-corrected chi connectivity index (χ1v) is 6.82. The van der Waals surface area contributed by atoms with E-state index in [1.807, 2.05) is 0 Å². The monoisotopic (exact) mass is 257 g/mol. The first kappa shape index (κ1) is 13.8. The van der Waals surface area contributed by atoms with Gasteiger partial charge in [-0.15, -0.1) is 0 Å². The molecule has 0 unspecified atom stereocenters. The first-order chi connectivity index (χ1) is 8.69. The minimum Gasteiger partial charge on any atom is -0.464 e. The zero-order chi connectivity index (χ0) is 13.1. The van der Waals surface area contributed by atoms with E-state index >= 15 is 0 Å². The molecule has 0 amide bonds. The molecular weight excluding hydrogens is 234 g/mol. The van der Waals surface area contributed by atoms with Gasteiger partial charge < -0.3 is 14.6 Å². The van der Waals surface area contributed by atoms with Gasteiger partial charge in [0.2, 0.25) is 0 Å². The average molecular weight is 257 g/mol. The van der Waals surface area contributed by atoms with Crippen LogP contribution in [0.3, 0.4) is 0 Å². The predicted molar refractivity (Wildman–Crippen MR) is 66.2 cm³/mol. The number of hydrogen-bond acceptors (Lipinski definition) is 5. The molecule has 1 N–H and O–H groups in total. The third-order valence-electron chi connectivity index (χ3n) is 4.12. The summed E-state index contributed by atoms with van der Waals surface area (Å²) in [5.41, 5.74) is 0. The van der Waals surface area contributed by atoms with Crippen molar-refractivity contribution in [3.63, 3.8) is 0 Å². The average Bonchev–Trinajstić information content (AvgIpc) is 2.77. The van der Waals surface area contributed by atoms with Gasteiger partial charge in [0.1, 0.15) is 0 Å². The molecule has 2 aliphatic heterocycles. The lowest BCUT2D eigenvalue weighted by Gasteiger charge is -2.35. The number of aliphatic hydroxyl groups is 1. The van der Waals surface area contributed by atoms with Crippen molar-refractivity contribution in [2.24, 2.45) is 0 Å². The normalized spacial score (nSPS) is 34.1. The Morgan fingerprint density at radius 1 is 1.50 bits per heavy atom. The number of piperidine rings is 1. The van der Waals surface area contributed by atoms with Crippen molar-refractivity contribution in [2.75, 3.05) is 20.3 Å². The molecule has 0 aliphatic carbocycles. The van der Waals surface area contributed by atoms with E-state index in [0.29, 0.717) is 19.1 Å². The van der Waals surface area contributed by atoms with Gasteiger partial charge in [-0.3, -0.25) is 4.90 Å². The van der Waals surface area contributed by atoms with Crippen LogP contribution in [0.25, 0.3) is 0 Å².